The smallest absolute Gasteiger partial charge is 0.0474 e. The molecule has 4 aliphatic rings. The van der Waals surface area contributed by atoms with E-state index in [-0.39, 0.29) is 5.54 Å². The van der Waals surface area contributed by atoms with E-state index in [1.807, 2.05) is 0 Å². The number of nitrogens with zero attached hydrogens (tertiary/aromatic N) is 3. The van der Waals surface area contributed by atoms with Crippen LogP contribution in [0.15, 0.2) is 0 Å². The summed E-state index contributed by atoms with van der Waals surface area (Å²) < 4.78 is 0. The number of hydrogen-bond donors (Lipinski definition) is 1. The minimum Gasteiger partial charge on any atom is -0.329 e. The van der Waals surface area contributed by atoms with Crippen molar-refractivity contribution >= 4 is 0 Å². The second-order valence-corrected chi connectivity index (χ2v) is 8.02. The highest BCUT2D eigenvalue weighted by molar-refractivity contribution is 5.08. The maximum atomic E-state index is 6.31. The molecular formula is C17H32N4. The fourth-order valence-electron chi connectivity index (χ4n) is 5.21. The lowest BCUT2D eigenvalue weighted by Crippen LogP contribution is -2.55. The molecule has 4 heteroatoms. The Hall–Kier alpha value is -0.160. The van der Waals surface area contributed by atoms with Crippen molar-refractivity contribution in [3.05, 3.63) is 0 Å². The Morgan fingerprint density at radius 2 is 1.81 bits per heavy atom. The highest BCUT2D eigenvalue weighted by Crippen LogP contribution is 2.41. The van der Waals surface area contributed by atoms with Crippen LogP contribution < -0.4 is 5.73 Å². The molecule has 120 valence electrons. The van der Waals surface area contributed by atoms with Crippen LogP contribution in [-0.2, 0) is 0 Å². The lowest BCUT2D eigenvalue weighted by atomic mass is 9.94. The quantitative estimate of drug-likeness (QED) is 0.842. The van der Waals surface area contributed by atoms with Gasteiger partial charge in [0.05, 0.1) is 0 Å². The van der Waals surface area contributed by atoms with Crippen molar-refractivity contribution in [2.75, 3.05) is 39.3 Å². The molecule has 4 rings (SSSR count). The van der Waals surface area contributed by atoms with E-state index in [2.05, 4.69) is 21.6 Å². The van der Waals surface area contributed by atoms with Gasteiger partial charge in [0.1, 0.15) is 0 Å². The van der Waals surface area contributed by atoms with Gasteiger partial charge in [0.25, 0.3) is 0 Å². The van der Waals surface area contributed by atoms with Crippen molar-refractivity contribution < 1.29 is 0 Å². The van der Waals surface area contributed by atoms with Crippen LogP contribution in [0.25, 0.3) is 0 Å². The van der Waals surface area contributed by atoms with Gasteiger partial charge < -0.3 is 5.73 Å². The van der Waals surface area contributed by atoms with E-state index in [0.717, 1.165) is 24.7 Å². The van der Waals surface area contributed by atoms with Gasteiger partial charge in [-0.1, -0.05) is 0 Å². The average molecular weight is 292 g/mol. The number of likely N-dealkylation sites (tertiary alicyclic amines) is 3. The zero-order valence-electron chi connectivity index (χ0n) is 13.6. The Balaban J connectivity index is 1.44. The number of hydrogen-bond acceptors (Lipinski definition) is 4. The van der Waals surface area contributed by atoms with Gasteiger partial charge in [0, 0.05) is 49.8 Å². The Labute approximate surface area is 129 Å². The number of rotatable bonds is 4. The third-order valence-electron chi connectivity index (χ3n) is 6.61. The van der Waals surface area contributed by atoms with Gasteiger partial charge in [-0.05, 0) is 58.5 Å². The molecule has 0 bridgehead atoms. The first-order valence-corrected chi connectivity index (χ1v) is 9.17. The molecule has 2 N–H and O–H groups in total. The second kappa shape index (κ2) is 5.48. The van der Waals surface area contributed by atoms with Crippen LogP contribution in [0.4, 0.5) is 0 Å². The molecule has 0 aromatic heterocycles. The summed E-state index contributed by atoms with van der Waals surface area (Å²) >= 11 is 0. The molecule has 3 atom stereocenters. The molecule has 3 unspecified atom stereocenters. The summed E-state index contributed by atoms with van der Waals surface area (Å²) in [6, 6.07) is 2.42. The van der Waals surface area contributed by atoms with E-state index in [9.17, 15) is 0 Å². The number of nitrogens with two attached hydrogens (primary N) is 1. The molecule has 4 fully saturated rings. The first kappa shape index (κ1) is 14.4. The molecule has 1 saturated carbocycles. The van der Waals surface area contributed by atoms with Gasteiger partial charge in [-0.15, -0.1) is 0 Å². The second-order valence-electron chi connectivity index (χ2n) is 8.02. The molecule has 4 nitrogen and oxygen atoms in total. The van der Waals surface area contributed by atoms with E-state index in [1.54, 1.807) is 0 Å². The molecule has 0 spiro atoms. The lowest BCUT2D eigenvalue weighted by Gasteiger charge is -2.38. The van der Waals surface area contributed by atoms with Crippen molar-refractivity contribution in [1.82, 2.24) is 14.7 Å². The Morgan fingerprint density at radius 1 is 1.05 bits per heavy atom. The average Bonchev–Trinajstić information content (AvgIpc) is 2.95. The third kappa shape index (κ3) is 2.54. The predicted molar refractivity (Wildman–Crippen MR) is 86.4 cm³/mol. The van der Waals surface area contributed by atoms with E-state index < -0.39 is 0 Å². The third-order valence-corrected chi connectivity index (χ3v) is 6.61. The van der Waals surface area contributed by atoms with Crippen LogP contribution in [0.5, 0.6) is 0 Å². The Bertz CT molecular complexity index is 377. The molecule has 0 radical (unpaired) electrons. The summed E-state index contributed by atoms with van der Waals surface area (Å²) in [4.78, 5) is 8.27. The normalized spacial score (nSPS) is 43.1. The molecule has 0 aromatic carbocycles. The zero-order valence-corrected chi connectivity index (χ0v) is 13.6. The van der Waals surface area contributed by atoms with E-state index in [1.165, 1.54) is 71.2 Å². The first-order valence-electron chi connectivity index (χ1n) is 9.17. The summed E-state index contributed by atoms with van der Waals surface area (Å²) in [5.41, 5.74) is 6.58. The molecule has 21 heavy (non-hydrogen) atoms. The maximum Gasteiger partial charge on any atom is 0.0474 e. The van der Waals surface area contributed by atoms with E-state index >= 15 is 0 Å². The van der Waals surface area contributed by atoms with Crippen LogP contribution in [0.1, 0.15) is 45.4 Å². The SMILES string of the molecule is CC1CC(CN)(N2CCC(N3CCCC3)C2)CN1C1CC1. The van der Waals surface area contributed by atoms with Crippen LogP contribution >= 0.6 is 0 Å². The van der Waals surface area contributed by atoms with E-state index in [4.69, 9.17) is 5.73 Å². The standard InChI is InChI=1S/C17H32N4/c1-14-10-17(12-18,13-21(14)15-4-5-15)20-9-6-16(11-20)19-7-2-3-8-19/h14-16H,2-13,18H2,1H3. The minimum absolute atomic E-state index is 0.274. The minimum atomic E-state index is 0.274. The molecule has 3 aliphatic heterocycles. The predicted octanol–water partition coefficient (Wildman–Crippen LogP) is 1.11. The highest BCUT2D eigenvalue weighted by Gasteiger charge is 2.50. The Morgan fingerprint density at radius 3 is 2.48 bits per heavy atom. The van der Waals surface area contributed by atoms with Crippen molar-refractivity contribution in [2.45, 2.75) is 69.1 Å². The van der Waals surface area contributed by atoms with Crippen LogP contribution in [-0.4, -0.2) is 77.6 Å². The molecule has 0 aromatic rings. The van der Waals surface area contributed by atoms with Crippen LogP contribution in [0.3, 0.4) is 0 Å². The van der Waals surface area contributed by atoms with Crippen molar-refractivity contribution in [3.8, 4) is 0 Å². The monoisotopic (exact) mass is 292 g/mol. The largest absolute Gasteiger partial charge is 0.329 e. The molecule has 0 amide bonds. The summed E-state index contributed by atoms with van der Waals surface area (Å²) in [6.07, 6.45) is 8.30. The highest BCUT2D eigenvalue weighted by atomic mass is 15.4. The summed E-state index contributed by atoms with van der Waals surface area (Å²) in [5, 5.41) is 0. The summed E-state index contributed by atoms with van der Waals surface area (Å²) in [6.45, 7) is 9.68. The van der Waals surface area contributed by atoms with Crippen molar-refractivity contribution in [2.24, 2.45) is 5.73 Å². The lowest BCUT2D eigenvalue weighted by molar-refractivity contribution is 0.113. The summed E-state index contributed by atoms with van der Waals surface area (Å²) in [5.74, 6) is 0. The molecule has 3 heterocycles. The maximum absolute atomic E-state index is 6.31. The first-order chi connectivity index (χ1) is 10.2. The fraction of sp³-hybridized carbons (Fsp3) is 1.00. The van der Waals surface area contributed by atoms with Crippen LogP contribution in [0.2, 0.25) is 0 Å². The van der Waals surface area contributed by atoms with E-state index in [0.29, 0.717) is 0 Å². The van der Waals surface area contributed by atoms with Crippen LogP contribution in [0, 0.1) is 0 Å². The van der Waals surface area contributed by atoms with Crippen molar-refractivity contribution in [1.29, 1.82) is 0 Å². The Kier molecular flexibility index (Phi) is 3.77. The molecule has 3 saturated heterocycles. The van der Waals surface area contributed by atoms with Gasteiger partial charge in [-0.2, -0.15) is 0 Å². The van der Waals surface area contributed by atoms with Crippen molar-refractivity contribution in [3.63, 3.8) is 0 Å². The fourth-order valence-corrected chi connectivity index (χ4v) is 5.21. The van der Waals surface area contributed by atoms with Gasteiger partial charge in [0.2, 0.25) is 0 Å². The zero-order chi connectivity index (χ0) is 14.4. The van der Waals surface area contributed by atoms with Gasteiger partial charge >= 0.3 is 0 Å². The summed E-state index contributed by atoms with van der Waals surface area (Å²) in [7, 11) is 0. The topological polar surface area (TPSA) is 35.7 Å². The molecular weight excluding hydrogens is 260 g/mol. The van der Waals surface area contributed by atoms with Gasteiger partial charge in [0.15, 0.2) is 0 Å². The van der Waals surface area contributed by atoms with Gasteiger partial charge in [-0.25, -0.2) is 0 Å². The van der Waals surface area contributed by atoms with Gasteiger partial charge in [-0.3, -0.25) is 14.7 Å². The molecule has 1 aliphatic carbocycles.